The van der Waals surface area contributed by atoms with Gasteiger partial charge in [-0.3, -0.25) is 0 Å². The predicted octanol–water partition coefficient (Wildman–Crippen LogP) is 3.44. The molecule has 2 aliphatic heterocycles. The first kappa shape index (κ1) is 14.0. The van der Waals surface area contributed by atoms with Gasteiger partial charge < -0.3 is 15.1 Å². The molecule has 1 aromatic carbocycles. The van der Waals surface area contributed by atoms with Crippen LogP contribution in [0.5, 0.6) is 0 Å². The van der Waals surface area contributed by atoms with Gasteiger partial charge in [0, 0.05) is 38.4 Å². The van der Waals surface area contributed by atoms with Crippen molar-refractivity contribution >= 4 is 23.0 Å². The molecule has 2 heterocycles. The molecule has 110 valence electrons. The topological polar surface area (TPSA) is 18.5 Å². The van der Waals surface area contributed by atoms with Crippen LogP contribution in [0.4, 0.5) is 11.4 Å². The molecule has 2 atom stereocenters. The second kappa shape index (κ2) is 5.82. The number of hydrogen-bond acceptors (Lipinski definition) is 3. The van der Waals surface area contributed by atoms with Crippen LogP contribution in [0.25, 0.3) is 0 Å². The monoisotopic (exact) mass is 293 g/mol. The highest BCUT2D eigenvalue weighted by atomic mass is 35.5. The second-order valence-electron chi connectivity index (χ2n) is 6.26. The minimum atomic E-state index is 0.593. The molecule has 3 rings (SSSR count). The van der Waals surface area contributed by atoms with Crippen LogP contribution in [0.3, 0.4) is 0 Å². The number of rotatable bonds is 3. The van der Waals surface area contributed by atoms with Crippen molar-refractivity contribution in [2.24, 2.45) is 0 Å². The van der Waals surface area contributed by atoms with Crippen LogP contribution in [0.15, 0.2) is 18.2 Å². The SMILES string of the molecule is CN(C)c1ccc(NC2CCN3CCCC3C2)cc1Cl. The molecule has 3 nitrogen and oxygen atoms in total. The van der Waals surface area contributed by atoms with Gasteiger partial charge in [-0.25, -0.2) is 0 Å². The van der Waals surface area contributed by atoms with Crippen molar-refractivity contribution in [2.75, 3.05) is 37.4 Å². The van der Waals surface area contributed by atoms with E-state index in [9.17, 15) is 0 Å². The molecule has 2 unspecified atom stereocenters. The number of halogens is 1. The Hall–Kier alpha value is -0.930. The summed E-state index contributed by atoms with van der Waals surface area (Å²) >= 11 is 6.34. The fourth-order valence-corrected chi connectivity index (χ4v) is 3.90. The summed E-state index contributed by atoms with van der Waals surface area (Å²) in [5.74, 6) is 0. The summed E-state index contributed by atoms with van der Waals surface area (Å²) < 4.78 is 0. The van der Waals surface area contributed by atoms with Crippen molar-refractivity contribution < 1.29 is 0 Å². The molecular formula is C16H24ClN3. The van der Waals surface area contributed by atoms with Gasteiger partial charge in [0.2, 0.25) is 0 Å². The first-order valence-corrected chi connectivity index (χ1v) is 7.99. The molecule has 0 aliphatic carbocycles. The molecule has 0 amide bonds. The second-order valence-corrected chi connectivity index (χ2v) is 6.67. The Kier molecular flexibility index (Phi) is 4.08. The number of fused-ring (bicyclic) bond motifs is 1. The van der Waals surface area contributed by atoms with Crippen LogP contribution in [-0.4, -0.2) is 44.2 Å². The lowest BCUT2D eigenvalue weighted by Gasteiger charge is -2.35. The number of piperidine rings is 1. The average molecular weight is 294 g/mol. The first-order chi connectivity index (χ1) is 9.63. The van der Waals surface area contributed by atoms with Crippen LogP contribution in [-0.2, 0) is 0 Å². The van der Waals surface area contributed by atoms with E-state index in [-0.39, 0.29) is 0 Å². The zero-order valence-corrected chi connectivity index (χ0v) is 13.2. The highest BCUT2D eigenvalue weighted by molar-refractivity contribution is 6.33. The minimum absolute atomic E-state index is 0.593. The number of anilines is 2. The molecule has 20 heavy (non-hydrogen) atoms. The predicted molar refractivity (Wildman–Crippen MR) is 87.0 cm³/mol. The lowest BCUT2D eigenvalue weighted by atomic mass is 9.97. The zero-order chi connectivity index (χ0) is 14.1. The molecule has 2 aliphatic rings. The van der Waals surface area contributed by atoms with Gasteiger partial charge in [0.1, 0.15) is 0 Å². The molecule has 0 saturated carbocycles. The number of nitrogens with zero attached hydrogens (tertiary/aromatic N) is 2. The van der Waals surface area contributed by atoms with E-state index < -0.39 is 0 Å². The van der Waals surface area contributed by atoms with E-state index in [1.807, 2.05) is 19.0 Å². The summed E-state index contributed by atoms with van der Waals surface area (Å²) in [4.78, 5) is 4.70. The van der Waals surface area contributed by atoms with E-state index in [4.69, 9.17) is 11.6 Å². The van der Waals surface area contributed by atoms with E-state index in [2.05, 4.69) is 28.4 Å². The van der Waals surface area contributed by atoms with Gasteiger partial charge in [0.15, 0.2) is 0 Å². The smallest absolute Gasteiger partial charge is 0.0659 e. The normalized spacial score (nSPS) is 26.4. The fourth-order valence-electron chi connectivity index (χ4n) is 3.55. The van der Waals surface area contributed by atoms with Crippen LogP contribution < -0.4 is 10.2 Å². The van der Waals surface area contributed by atoms with Crippen molar-refractivity contribution in [1.82, 2.24) is 4.90 Å². The molecule has 0 radical (unpaired) electrons. The Balaban J connectivity index is 1.64. The standard InChI is InChI=1S/C16H24ClN3/c1-19(2)16-6-5-12(11-15(16)17)18-13-7-9-20-8-3-4-14(20)10-13/h5-6,11,13-14,18H,3-4,7-10H2,1-2H3. The summed E-state index contributed by atoms with van der Waals surface area (Å²) in [6.07, 6.45) is 5.26. The van der Waals surface area contributed by atoms with Gasteiger partial charge in [-0.15, -0.1) is 0 Å². The van der Waals surface area contributed by atoms with E-state index >= 15 is 0 Å². The molecule has 0 spiro atoms. The summed E-state index contributed by atoms with van der Waals surface area (Å²) in [6, 6.07) is 7.68. The van der Waals surface area contributed by atoms with Gasteiger partial charge in [-0.05, 0) is 50.4 Å². The maximum atomic E-state index is 6.34. The summed E-state index contributed by atoms with van der Waals surface area (Å²) in [5, 5.41) is 4.49. The summed E-state index contributed by atoms with van der Waals surface area (Å²) in [7, 11) is 4.04. The van der Waals surface area contributed by atoms with Crippen molar-refractivity contribution in [3.8, 4) is 0 Å². The zero-order valence-electron chi connectivity index (χ0n) is 12.4. The van der Waals surface area contributed by atoms with Gasteiger partial charge in [-0.1, -0.05) is 11.6 Å². The highest BCUT2D eigenvalue weighted by Gasteiger charge is 2.31. The highest BCUT2D eigenvalue weighted by Crippen LogP contribution is 2.31. The Morgan fingerprint density at radius 2 is 2.10 bits per heavy atom. The summed E-state index contributed by atoms with van der Waals surface area (Å²) in [6.45, 7) is 2.55. The molecule has 1 N–H and O–H groups in total. The van der Waals surface area contributed by atoms with Crippen molar-refractivity contribution in [1.29, 1.82) is 0 Å². The lowest BCUT2D eigenvalue weighted by Crippen LogP contribution is -2.42. The Labute approximate surface area is 126 Å². The third-order valence-electron chi connectivity index (χ3n) is 4.62. The van der Waals surface area contributed by atoms with Gasteiger partial charge in [-0.2, -0.15) is 0 Å². The lowest BCUT2D eigenvalue weighted by molar-refractivity contribution is 0.188. The summed E-state index contributed by atoms with van der Waals surface area (Å²) in [5.41, 5.74) is 2.22. The molecule has 0 aromatic heterocycles. The van der Waals surface area contributed by atoms with Crippen molar-refractivity contribution in [2.45, 2.75) is 37.8 Å². The van der Waals surface area contributed by atoms with Crippen LogP contribution in [0.1, 0.15) is 25.7 Å². The first-order valence-electron chi connectivity index (χ1n) is 7.61. The van der Waals surface area contributed by atoms with E-state index in [1.54, 1.807) is 0 Å². The molecule has 4 heteroatoms. The molecule has 1 aromatic rings. The molecule has 2 fully saturated rings. The minimum Gasteiger partial charge on any atom is -0.382 e. The van der Waals surface area contributed by atoms with Gasteiger partial charge >= 0.3 is 0 Å². The van der Waals surface area contributed by atoms with Crippen molar-refractivity contribution in [3.63, 3.8) is 0 Å². The Morgan fingerprint density at radius 3 is 2.85 bits per heavy atom. The van der Waals surface area contributed by atoms with Crippen LogP contribution in [0.2, 0.25) is 5.02 Å². The fraction of sp³-hybridized carbons (Fsp3) is 0.625. The van der Waals surface area contributed by atoms with Gasteiger partial charge in [0.25, 0.3) is 0 Å². The van der Waals surface area contributed by atoms with Crippen LogP contribution in [0, 0.1) is 0 Å². The number of hydrogen-bond donors (Lipinski definition) is 1. The number of nitrogens with one attached hydrogen (secondary N) is 1. The van der Waals surface area contributed by atoms with Crippen molar-refractivity contribution in [3.05, 3.63) is 23.2 Å². The molecular weight excluding hydrogens is 270 g/mol. The average Bonchev–Trinajstić information content (AvgIpc) is 2.85. The van der Waals surface area contributed by atoms with E-state index in [0.717, 1.165) is 22.4 Å². The molecule has 0 bridgehead atoms. The van der Waals surface area contributed by atoms with Crippen LogP contribution >= 0.6 is 11.6 Å². The van der Waals surface area contributed by atoms with E-state index in [1.165, 1.54) is 38.8 Å². The van der Waals surface area contributed by atoms with Gasteiger partial charge in [0.05, 0.1) is 10.7 Å². The van der Waals surface area contributed by atoms with E-state index in [0.29, 0.717) is 6.04 Å². The third kappa shape index (κ3) is 2.89. The Morgan fingerprint density at radius 1 is 1.25 bits per heavy atom. The molecule has 2 saturated heterocycles. The maximum Gasteiger partial charge on any atom is 0.0659 e. The quantitative estimate of drug-likeness (QED) is 0.921. The maximum absolute atomic E-state index is 6.34. The third-order valence-corrected chi connectivity index (χ3v) is 4.92. The largest absolute Gasteiger partial charge is 0.382 e. The number of benzene rings is 1. The Bertz CT molecular complexity index is 475.